The molecule has 4 nitrogen and oxygen atoms in total. The number of carbonyl (C=O) groups excluding carboxylic acids is 1. The predicted octanol–water partition coefficient (Wildman–Crippen LogP) is 3.46. The van der Waals surface area contributed by atoms with Gasteiger partial charge in [0.25, 0.3) is 0 Å². The van der Waals surface area contributed by atoms with Gasteiger partial charge in [0, 0.05) is 16.9 Å². The molecular weight excluding hydrogens is 280 g/mol. The average molecular weight is 296 g/mol. The van der Waals surface area contributed by atoms with E-state index in [4.69, 9.17) is 4.74 Å². The maximum Gasteiger partial charge on any atom is 0.228 e. The molecule has 0 atom stereocenters. The molecule has 2 aromatic heterocycles. The number of anilines is 1. The molecular formula is C13H16N2O2S2. The Bertz CT molecular complexity index is 575. The zero-order valence-electron chi connectivity index (χ0n) is 11.1. The Morgan fingerprint density at radius 3 is 2.79 bits per heavy atom. The van der Waals surface area contributed by atoms with Gasteiger partial charge in [-0.15, -0.1) is 22.7 Å². The van der Waals surface area contributed by atoms with Gasteiger partial charge < -0.3 is 10.1 Å². The Morgan fingerprint density at radius 2 is 2.16 bits per heavy atom. The summed E-state index contributed by atoms with van der Waals surface area (Å²) in [4.78, 5) is 19.6. The van der Waals surface area contributed by atoms with Gasteiger partial charge in [0.2, 0.25) is 5.91 Å². The molecule has 102 valence electrons. The Morgan fingerprint density at radius 1 is 1.37 bits per heavy atom. The smallest absolute Gasteiger partial charge is 0.228 e. The fraction of sp³-hybridized carbons (Fsp3) is 0.385. The van der Waals surface area contributed by atoms with Crippen LogP contribution in [0, 0.1) is 13.8 Å². The van der Waals surface area contributed by atoms with E-state index in [0.717, 1.165) is 15.4 Å². The SMILES string of the molecule is COCCC(=O)Nc1nc(-c2ccc(C)s2)c(C)s1. The van der Waals surface area contributed by atoms with Gasteiger partial charge in [-0.3, -0.25) is 4.79 Å². The van der Waals surface area contributed by atoms with Gasteiger partial charge in [-0.05, 0) is 26.0 Å². The van der Waals surface area contributed by atoms with Crippen molar-refractivity contribution in [3.05, 3.63) is 21.9 Å². The first kappa shape index (κ1) is 14.2. The summed E-state index contributed by atoms with van der Waals surface area (Å²) in [6.07, 6.45) is 0.350. The van der Waals surface area contributed by atoms with Crippen molar-refractivity contribution < 1.29 is 9.53 Å². The summed E-state index contributed by atoms with van der Waals surface area (Å²) in [6.45, 7) is 4.52. The van der Waals surface area contributed by atoms with Gasteiger partial charge in [0.15, 0.2) is 5.13 Å². The Balaban J connectivity index is 2.11. The molecule has 2 aromatic rings. The molecule has 0 saturated heterocycles. The molecule has 0 radical (unpaired) electrons. The number of rotatable bonds is 5. The molecule has 0 spiro atoms. The van der Waals surface area contributed by atoms with Crippen molar-refractivity contribution in [2.75, 3.05) is 19.0 Å². The second-order valence-electron chi connectivity index (χ2n) is 4.13. The topological polar surface area (TPSA) is 51.2 Å². The van der Waals surface area contributed by atoms with Gasteiger partial charge in [-0.25, -0.2) is 4.98 Å². The number of thiophene rings is 1. The van der Waals surface area contributed by atoms with Gasteiger partial charge in [-0.2, -0.15) is 0 Å². The molecule has 0 fully saturated rings. The fourth-order valence-electron chi connectivity index (χ4n) is 1.62. The molecule has 1 N–H and O–H groups in total. The molecule has 0 aliphatic carbocycles. The van der Waals surface area contributed by atoms with Crippen molar-refractivity contribution >= 4 is 33.7 Å². The van der Waals surface area contributed by atoms with Crippen LogP contribution in [0.25, 0.3) is 10.6 Å². The average Bonchev–Trinajstić information content (AvgIpc) is 2.93. The van der Waals surface area contributed by atoms with Crippen LogP contribution < -0.4 is 5.32 Å². The van der Waals surface area contributed by atoms with Crippen molar-refractivity contribution in [1.29, 1.82) is 0 Å². The molecule has 19 heavy (non-hydrogen) atoms. The van der Waals surface area contributed by atoms with Gasteiger partial charge in [0.1, 0.15) is 0 Å². The number of amides is 1. The van der Waals surface area contributed by atoms with E-state index < -0.39 is 0 Å². The molecule has 2 rings (SSSR count). The minimum atomic E-state index is -0.0653. The number of thiazole rings is 1. The van der Waals surface area contributed by atoms with Crippen LogP contribution in [0.4, 0.5) is 5.13 Å². The van der Waals surface area contributed by atoms with Crippen molar-refractivity contribution in [2.24, 2.45) is 0 Å². The van der Waals surface area contributed by atoms with Crippen LogP contribution in [0.5, 0.6) is 0 Å². The van der Waals surface area contributed by atoms with Crippen molar-refractivity contribution in [1.82, 2.24) is 4.98 Å². The zero-order chi connectivity index (χ0) is 13.8. The molecule has 1 amide bonds. The molecule has 0 bridgehead atoms. The van der Waals surface area contributed by atoms with E-state index in [-0.39, 0.29) is 5.91 Å². The number of ether oxygens (including phenoxy) is 1. The minimum absolute atomic E-state index is 0.0653. The number of hydrogen-bond donors (Lipinski definition) is 1. The maximum absolute atomic E-state index is 11.6. The molecule has 0 aliphatic heterocycles. The second-order valence-corrected chi connectivity index (χ2v) is 6.62. The zero-order valence-corrected chi connectivity index (χ0v) is 12.8. The highest BCUT2D eigenvalue weighted by atomic mass is 32.1. The molecule has 0 aromatic carbocycles. The highest BCUT2D eigenvalue weighted by molar-refractivity contribution is 7.18. The highest BCUT2D eigenvalue weighted by Gasteiger charge is 2.13. The van der Waals surface area contributed by atoms with Crippen molar-refractivity contribution in [3.8, 4) is 10.6 Å². The lowest BCUT2D eigenvalue weighted by molar-refractivity contribution is -0.117. The summed E-state index contributed by atoms with van der Waals surface area (Å²) in [5.41, 5.74) is 0.963. The van der Waals surface area contributed by atoms with Crippen LogP contribution in [0.2, 0.25) is 0 Å². The second kappa shape index (κ2) is 6.27. The van der Waals surface area contributed by atoms with Crippen LogP contribution in [0.15, 0.2) is 12.1 Å². The molecule has 0 unspecified atom stereocenters. The van der Waals surface area contributed by atoms with E-state index in [2.05, 4.69) is 29.4 Å². The van der Waals surface area contributed by atoms with Gasteiger partial charge >= 0.3 is 0 Å². The molecule has 0 saturated carbocycles. The molecule has 2 heterocycles. The minimum Gasteiger partial charge on any atom is -0.384 e. The first-order chi connectivity index (χ1) is 9.10. The summed E-state index contributed by atoms with van der Waals surface area (Å²) >= 11 is 3.22. The van der Waals surface area contributed by atoms with Crippen LogP contribution >= 0.6 is 22.7 Å². The van der Waals surface area contributed by atoms with E-state index in [1.165, 1.54) is 16.2 Å². The summed E-state index contributed by atoms with van der Waals surface area (Å²) in [7, 11) is 1.58. The lowest BCUT2D eigenvalue weighted by atomic mass is 10.3. The van der Waals surface area contributed by atoms with E-state index in [0.29, 0.717) is 18.2 Å². The van der Waals surface area contributed by atoms with Crippen LogP contribution in [-0.2, 0) is 9.53 Å². The fourth-order valence-corrected chi connectivity index (χ4v) is 3.44. The number of carbonyl (C=O) groups is 1. The third-order valence-electron chi connectivity index (χ3n) is 2.55. The van der Waals surface area contributed by atoms with E-state index in [1.54, 1.807) is 18.4 Å². The normalized spacial score (nSPS) is 10.7. The van der Waals surface area contributed by atoms with Gasteiger partial charge in [0.05, 0.1) is 23.6 Å². The van der Waals surface area contributed by atoms with E-state index >= 15 is 0 Å². The van der Waals surface area contributed by atoms with Crippen LogP contribution in [0.1, 0.15) is 16.2 Å². The van der Waals surface area contributed by atoms with Gasteiger partial charge in [-0.1, -0.05) is 0 Å². The van der Waals surface area contributed by atoms with Crippen LogP contribution in [0.3, 0.4) is 0 Å². The maximum atomic E-state index is 11.6. The Kier molecular flexibility index (Phi) is 4.68. The van der Waals surface area contributed by atoms with Crippen molar-refractivity contribution in [2.45, 2.75) is 20.3 Å². The van der Waals surface area contributed by atoms with E-state index in [9.17, 15) is 4.79 Å². The van der Waals surface area contributed by atoms with E-state index in [1.807, 2.05) is 6.92 Å². The first-order valence-corrected chi connectivity index (χ1v) is 7.56. The third kappa shape index (κ3) is 3.62. The quantitative estimate of drug-likeness (QED) is 0.919. The summed E-state index contributed by atoms with van der Waals surface area (Å²) in [5, 5.41) is 3.46. The third-order valence-corrected chi connectivity index (χ3v) is 4.44. The number of methoxy groups -OCH3 is 1. The number of nitrogens with zero attached hydrogens (tertiary/aromatic N) is 1. The number of aryl methyl sites for hydroxylation is 2. The van der Waals surface area contributed by atoms with Crippen molar-refractivity contribution in [3.63, 3.8) is 0 Å². The predicted molar refractivity (Wildman–Crippen MR) is 80.0 cm³/mol. The number of aromatic nitrogens is 1. The lowest BCUT2D eigenvalue weighted by Crippen LogP contribution is -2.13. The molecule has 6 heteroatoms. The summed E-state index contributed by atoms with van der Waals surface area (Å²) in [5.74, 6) is -0.0653. The Hall–Kier alpha value is -1.24. The largest absolute Gasteiger partial charge is 0.384 e. The number of nitrogens with one attached hydrogen (secondary N) is 1. The monoisotopic (exact) mass is 296 g/mol. The lowest BCUT2D eigenvalue weighted by Gasteiger charge is -1.99. The molecule has 0 aliphatic rings. The first-order valence-electron chi connectivity index (χ1n) is 5.93. The summed E-state index contributed by atoms with van der Waals surface area (Å²) < 4.78 is 4.88. The number of hydrogen-bond acceptors (Lipinski definition) is 5. The highest BCUT2D eigenvalue weighted by Crippen LogP contribution is 2.34. The van der Waals surface area contributed by atoms with Crippen LogP contribution in [-0.4, -0.2) is 24.6 Å². The summed E-state index contributed by atoms with van der Waals surface area (Å²) in [6, 6.07) is 4.15. The Labute approximate surface area is 120 Å². The standard InChI is InChI=1S/C13H16N2O2S2/c1-8-4-5-10(18-8)12-9(2)19-13(15-12)14-11(16)6-7-17-3/h4-5H,6-7H2,1-3H3,(H,14,15,16).